The summed E-state index contributed by atoms with van der Waals surface area (Å²) in [5.41, 5.74) is 0.268. The van der Waals surface area contributed by atoms with Crippen molar-refractivity contribution in [3.8, 4) is 5.75 Å². The summed E-state index contributed by atoms with van der Waals surface area (Å²) in [6, 6.07) is 4.70. The molecular weight excluding hydrogens is 307 g/mol. The SMILES string of the molecule is CC(C)C(CCCl)NC(=O)c1ccc(OC(F)(F)F)cc1. The van der Waals surface area contributed by atoms with E-state index in [4.69, 9.17) is 11.6 Å². The number of carbonyl (C=O) groups excluding carboxylic acids is 1. The van der Waals surface area contributed by atoms with Crippen molar-refractivity contribution in [1.82, 2.24) is 5.32 Å². The van der Waals surface area contributed by atoms with E-state index in [0.717, 1.165) is 12.1 Å². The minimum Gasteiger partial charge on any atom is -0.406 e. The molecule has 0 radical (unpaired) electrons. The average Bonchev–Trinajstić information content (AvgIpc) is 2.36. The van der Waals surface area contributed by atoms with E-state index in [-0.39, 0.29) is 29.2 Å². The van der Waals surface area contributed by atoms with Crippen LogP contribution in [0.3, 0.4) is 0 Å². The summed E-state index contributed by atoms with van der Waals surface area (Å²) in [5.74, 6) is -0.0836. The van der Waals surface area contributed by atoms with Gasteiger partial charge < -0.3 is 10.1 Å². The fourth-order valence-electron chi connectivity index (χ4n) is 1.75. The van der Waals surface area contributed by atoms with E-state index in [1.165, 1.54) is 12.1 Å². The molecule has 1 aromatic carbocycles. The summed E-state index contributed by atoms with van der Waals surface area (Å²) in [6.45, 7) is 3.91. The molecule has 7 heteroatoms. The first kappa shape index (κ1) is 17.6. The Morgan fingerprint density at radius 2 is 1.86 bits per heavy atom. The molecule has 0 saturated carbocycles. The number of halogens is 4. The smallest absolute Gasteiger partial charge is 0.406 e. The van der Waals surface area contributed by atoms with Crippen molar-refractivity contribution in [2.75, 3.05) is 5.88 Å². The number of rotatable bonds is 6. The molecule has 21 heavy (non-hydrogen) atoms. The fraction of sp³-hybridized carbons (Fsp3) is 0.500. The highest BCUT2D eigenvalue weighted by Gasteiger charge is 2.31. The summed E-state index contributed by atoms with van der Waals surface area (Å²) in [6.07, 6.45) is -4.12. The number of carbonyl (C=O) groups is 1. The van der Waals surface area contributed by atoms with Crippen molar-refractivity contribution in [3.63, 3.8) is 0 Å². The van der Waals surface area contributed by atoms with E-state index in [0.29, 0.717) is 12.3 Å². The highest BCUT2D eigenvalue weighted by molar-refractivity contribution is 6.17. The Hall–Kier alpha value is -1.43. The van der Waals surface area contributed by atoms with Crippen LogP contribution >= 0.6 is 11.6 Å². The number of hydrogen-bond acceptors (Lipinski definition) is 2. The molecule has 1 N–H and O–H groups in total. The van der Waals surface area contributed by atoms with Gasteiger partial charge in [0.1, 0.15) is 5.75 Å². The Bertz CT molecular complexity index is 460. The number of ether oxygens (including phenoxy) is 1. The second kappa shape index (κ2) is 7.54. The van der Waals surface area contributed by atoms with Crippen LogP contribution in [0.2, 0.25) is 0 Å². The van der Waals surface area contributed by atoms with Crippen molar-refractivity contribution < 1.29 is 22.7 Å². The maximum atomic E-state index is 12.0. The number of nitrogens with one attached hydrogen (secondary N) is 1. The van der Waals surface area contributed by atoms with Crippen LogP contribution in [0.15, 0.2) is 24.3 Å². The third-order valence-corrected chi connectivity index (χ3v) is 3.11. The van der Waals surface area contributed by atoms with Gasteiger partial charge in [-0.3, -0.25) is 4.79 Å². The zero-order valence-corrected chi connectivity index (χ0v) is 12.5. The summed E-state index contributed by atoms with van der Waals surface area (Å²) in [5, 5.41) is 2.81. The van der Waals surface area contributed by atoms with Crippen LogP contribution in [-0.2, 0) is 0 Å². The van der Waals surface area contributed by atoms with Crippen molar-refractivity contribution in [2.45, 2.75) is 32.7 Å². The molecule has 1 rings (SSSR count). The Labute approximate surface area is 126 Å². The maximum absolute atomic E-state index is 12.0. The van der Waals surface area contributed by atoms with Crippen molar-refractivity contribution in [3.05, 3.63) is 29.8 Å². The molecule has 0 aromatic heterocycles. The monoisotopic (exact) mass is 323 g/mol. The molecule has 0 saturated heterocycles. The lowest BCUT2D eigenvalue weighted by molar-refractivity contribution is -0.274. The number of hydrogen-bond donors (Lipinski definition) is 1. The Morgan fingerprint density at radius 1 is 1.29 bits per heavy atom. The first-order chi connectivity index (χ1) is 9.73. The van der Waals surface area contributed by atoms with Crippen molar-refractivity contribution >= 4 is 17.5 Å². The van der Waals surface area contributed by atoms with Gasteiger partial charge in [0.15, 0.2) is 0 Å². The van der Waals surface area contributed by atoms with Gasteiger partial charge in [-0.1, -0.05) is 13.8 Å². The maximum Gasteiger partial charge on any atom is 0.573 e. The van der Waals surface area contributed by atoms with Gasteiger partial charge >= 0.3 is 6.36 Å². The van der Waals surface area contributed by atoms with Crippen LogP contribution in [0, 0.1) is 5.92 Å². The standard InChI is InChI=1S/C14H17ClF3NO2/c1-9(2)12(7-8-15)19-13(20)10-3-5-11(6-4-10)21-14(16,17)18/h3-6,9,12H,7-8H2,1-2H3,(H,19,20). The van der Waals surface area contributed by atoms with Gasteiger partial charge in [0.25, 0.3) is 5.91 Å². The molecule has 0 aliphatic heterocycles. The molecule has 0 heterocycles. The van der Waals surface area contributed by atoms with Gasteiger partial charge in [-0.05, 0) is 36.6 Å². The molecule has 118 valence electrons. The molecule has 3 nitrogen and oxygen atoms in total. The van der Waals surface area contributed by atoms with Crippen LogP contribution in [-0.4, -0.2) is 24.2 Å². The van der Waals surface area contributed by atoms with E-state index in [1.807, 2.05) is 13.8 Å². The van der Waals surface area contributed by atoms with Gasteiger partial charge in [-0.15, -0.1) is 24.8 Å². The van der Waals surface area contributed by atoms with Crippen LogP contribution < -0.4 is 10.1 Å². The van der Waals surface area contributed by atoms with Gasteiger partial charge in [0.05, 0.1) is 0 Å². The van der Waals surface area contributed by atoms with Crippen LogP contribution in [0.25, 0.3) is 0 Å². The number of amides is 1. The van der Waals surface area contributed by atoms with Crippen molar-refractivity contribution in [1.29, 1.82) is 0 Å². The molecule has 1 aromatic rings. The quantitative estimate of drug-likeness (QED) is 0.804. The molecule has 1 unspecified atom stereocenters. The van der Waals surface area contributed by atoms with Crippen LogP contribution in [0.1, 0.15) is 30.6 Å². The highest BCUT2D eigenvalue weighted by Crippen LogP contribution is 2.22. The summed E-state index contributed by atoms with van der Waals surface area (Å²) in [7, 11) is 0. The lowest BCUT2D eigenvalue weighted by atomic mass is 10.0. The highest BCUT2D eigenvalue weighted by atomic mass is 35.5. The van der Waals surface area contributed by atoms with Gasteiger partial charge in [0.2, 0.25) is 0 Å². The Balaban J connectivity index is 2.70. The van der Waals surface area contributed by atoms with Crippen LogP contribution in [0.4, 0.5) is 13.2 Å². The zero-order chi connectivity index (χ0) is 16.0. The summed E-state index contributed by atoms with van der Waals surface area (Å²) in [4.78, 5) is 12.0. The zero-order valence-electron chi connectivity index (χ0n) is 11.7. The van der Waals surface area contributed by atoms with E-state index in [2.05, 4.69) is 10.1 Å². The van der Waals surface area contributed by atoms with Gasteiger partial charge in [-0.2, -0.15) is 0 Å². The molecular formula is C14H17ClF3NO2. The predicted molar refractivity (Wildman–Crippen MR) is 74.6 cm³/mol. The second-order valence-corrected chi connectivity index (χ2v) is 5.25. The molecule has 1 atom stereocenters. The van der Waals surface area contributed by atoms with Gasteiger partial charge in [-0.25, -0.2) is 0 Å². The minimum absolute atomic E-state index is 0.0823. The lowest BCUT2D eigenvalue weighted by Gasteiger charge is -2.21. The lowest BCUT2D eigenvalue weighted by Crippen LogP contribution is -2.38. The van der Waals surface area contributed by atoms with Gasteiger partial charge in [0, 0.05) is 17.5 Å². The number of alkyl halides is 4. The molecule has 0 spiro atoms. The van der Waals surface area contributed by atoms with E-state index in [9.17, 15) is 18.0 Å². The molecule has 0 fully saturated rings. The molecule has 0 aliphatic rings. The topological polar surface area (TPSA) is 38.3 Å². The van der Waals surface area contributed by atoms with Crippen molar-refractivity contribution in [2.24, 2.45) is 5.92 Å². The summed E-state index contributed by atoms with van der Waals surface area (Å²) < 4.78 is 39.8. The normalized spacial score (nSPS) is 13.1. The minimum atomic E-state index is -4.74. The molecule has 0 bridgehead atoms. The Kier molecular flexibility index (Phi) is 6.33. The largest absolute Gasteiger partial charge is 0.573 e. The number of benzene rings is 1. The fourth-order valence-corrected chi connectivity index (χ4v) is 1.98. The summed E-state index contributed by atoms with van der Waals surface area (Å²) >= 11 is 5.68. The first-order valence-electron chi connectivity index (χ1n) is 6.45. The first-order valence-corrected chi connectivity index (χ1v) is 6.99. The Morgan fingerprint density at radius 3 is 2.29 bits per heavy atom. The third-order valence-electron chi connectivity index (χ3n) is 2.89. The molecule has 1 amide bonds. The second-order valence-electron chi connectivity index (χ2n) is 4.87. The van der Waals surface area contributed by atoms with E-state index < -0.39 is 6.36 Å². The third kappa shape index (κ3) is 6.25. The van der Waals surface area contributed by atoms with E-state index >= 15 is 0 Å². The predicted octanol–water partition coefficient (Wildman–Crippen LogP) is 3.97. The van der Waals surface area contributed by atoms with Crippen LogP contribution in [0.5, 0.6) is 5.75 Å². The average molecular weight is 324 g/mol. The molecule has 0 aliphatic carbocycles. The van der Waals surface area contributed by atoms with E-state index in [1.54, 1.807) is 0 Å².